The lowest BCUT2D eigenvalue weighted by molar-refractivity contribution is 0.0763. The minimum atomic E-state index is 0.0156. The van der Waals surface area contributed by atoms with E-state index in [4.69, 9.17) is 4.74 Å². The van der Waals surface area contributed by atoms with Gasteiger partial charge >= 0.3 is 0 Å². The normalized spacial score (nSPS) is 14.6. The molecular weight excluding hydrogens is 432 g/mol. The number of carbonyl (C=O) groups is 1. The van der Waals surface area contributed by atoms with Crippen LogP contribution in [-0.2, 0) is 0 Å². The molecule has 0 atom stereocenters. The molecule has 0 spiro atoms. The fourth-order valence-corrected chi connectivity index (χ4v) is 3.86. The Balaban J connectivity index is 1.45. The van der Waals surface area contributed by atoms with E-state index in [9.17, 15) is 4.79 Å². The first-order valence-corrected chi connectivity index (χ1v) is 10.4. The van der Waals surface area contributed by atoms with E-state index in [0.717, 1.165) is 47.6 Å². The first-order chi connectivity index (χ1) is 14.2. The highest BCUT2D eigenvalue weighted by atomic mass is 79.9. The number of amides is 1. The highest BCUT2D eigenvalue weighted by Crippen LogP contribution is 2.25. The Hall–Kier alpha value is -2.80. The Morgan fingerprint density at radius 2 is 1.86 bits per heavy atom. The molecular formula is C22H23BrN4O2. The third-order valence-corrected chi connectivity index (χ3v) is 5.69. The van der Waals surface area contributed by atoms with E-state index in [1.54, 1.807) is 7.11 Å². The molecule has 2 heterocycles. The lowest BCUT2D eigenvalue weighted by Gasteiger charge is -2.22. The zero-order valence-corrected chi connectivity index (χ0v) is 17.9. The van der Waals surface area contributed by atoms with E-state index in [2.05, 4.69) is 49.2 Å². The van der Waals surface area contributed by atoms with Gasteiger partial charge in [-0.1, -0.05) is 40.2 Å². The maximum Gasteiger partial charge on any atom is 0.257 e. The van der Waals surface area contributed by atoms with Crippen molar-refractivity contribution >= 4 is 27.7 Å². The number of benzene rings is 2. The van der Waals surface area contributed by atoms with Gasteiger partial charge in [0, 0.05) is 36.7 Å². The van der Waals surface area contributed by atoms with Crippen molar-refractivity contribution in [1.82, 2.24) is 15.1 Å². The van der Waals surface area contributed by atoms with Crippen molar-refractivity contribution in [1.29, 1.82) is 0 Å². The molecule has 1 aromatic heterocycles. The number of halogens is 1. The summed E-state index contributed by atoms with van der Waals surface area (Å²) >= 11 is 3.46. The lowest BCUT2D eigenvalue weighted by atomic mass is 10.1. The molecule has 1 fully saturated rings. The van der Waals surface area contributed by atoms with Crippen molar-refractivity contribution in [3.8, 4) is 17.0 Å². The molecule has 1 N–H and O–H groups in total. The number of ether oxygens (including phenoxy) is 1. The number of carbonyl (C=O) groups excluding carboxylic acids is 1. The van der Waals surface area contributed by atoms with Crippen LogP contribution < -0.4 is 9.64 Å². The van der Waals surface area contributed by atoms with Crippen LogP contribution in [0, 0.1) is 0 Å². The third-order valence-electron chi connectivity index (χ3n) is 5.16. The van der Waals surface area contributed by atoms with Crippen molar-refractivity contribution < 1.29 is 9.53 Å². The van der Waals surface area contributed by atoms with Crippen LogP contribution in [0.25, 0.3) is 11.3 Å². The van der Waals surface area contributed by atoms with Crippen molar-refractivity contribution in [2.24, 2.45) is 0 Å². The zero-order valence-electron chi connectivity index (χ0n) is 16.3. The molecule has 150 valence electrons. The topological polar surface area (TPSA) is 61.5 Å². The van der Waals surface area contributed by atoms with Gasteiger partial charge in [0.25, 0.3) is 5.91 Å². The Bertz CT molecular complexity index is 986. The van der Waals surface area contributed by atoms with Gasteiger partial charge in [0.05, 0.1) is 18.4 Å². The Morgan fingerprint density at radius 3 is 2.66 bits per heavy atom. The summed E-state index contributed by atoms with van der Waals surface area (Å²) in [4.78, 5) is 17.1. The Labute approximate surface area is 178 Å². The molecule has 0 radical (unpaired) electrons. The molecule has 3 aromatic rings. The number of hydrogen-bond donors (Lipinski definition) is 1. The predicted molar refractivity (Wildman–Crippen MR) is 117 cm³/mol. The standard InChI is InChI=1S/C22H23BrN4O2/c1-29-20-6-3-2-5-18(20)22(28)27-12-4-11-26(13-14-27)21-15-19(24-25-21)16-7-9-17(23)10-8-16/h2-3,5-10,15H,4,11-14H2,1H3,(H,24,25). The van der Waals surface area contributed by atoms with Gasteiger partial charge < -0.3 is 14.5 Å². The van der Waals surface area contributed by atoms with Crippen molar-refractivity contribution in [2.45, 2.75) is 6.42 Å². The summed E-state index contributed by atoms with van der Waals surface area (Å²) in [6.45, 7) is 2.97. The van der Waals surface area contributed by atoms with Gasteiger partial charge in [0.2, 0.25) is 0 Å². The molecule has 29 heavy (non-hydrogen) atoms. The highest BCUT2D eigenvalue weighted by Gasteiger charge is 2.23. The summed E-state index contributed by atoms with van der Waals surface area (Å²) in [7, 11) is 1.59. The molecule has 1 aliphatic heterocycles. The highest BCUT2D eigenvalue weighted by molar-refractivity contribution is 9.10. The average Bonchev–Trinajstić information content (AvgIpc) is 3.11. The maximum atomic E-state index is 13.0. The first kappa shape index (κ1) is 19.5. The smallest absolute Gasteiger partial charge is 0.257 e. The fraction of sp³-hybridized carbons (Fsp3) is 0.273. The minimum Gasteiger partial charge on any atom is -0.496 e. The number of methoxy groups -OCH3 is 1. The van der Waals surface area contributed by atoms with Crippen LogP contribution >= 0.6 is 15.9 Å². The Kier molecular flexibility index (Phi) is 5.85. The number of rotatable bonds is 4. The molecule has 2 aromatic carbocycles. The molecule has 0 unspecified atom stereocenters. The molecule has 1 saturated heterocycles. The quantitative estimate of drug-likeness (QED) is 0.641. The van der Waals surface area contributed by atoms with E-state index in [-0.39, 0.29) is 5.91 Å². The van der Waals surface area contributed by atoms with Crippen molar-refractivity contribution in [3.05, 3.63) is 64.6 Å². The summed E-state index contributed by atoms with van der Waals surface area (Å²) in [6.07, 6.45) is 0.890. The number of nitrogens with one attached hydrogen (secondary N) is 1. The second-order valence-electron chi connectivity index (χ2n) is 6.98. The molecule has 1 amide bonds. The number of aromatic nitrogens is 2. The number of nitrogens with zero attached hydrogens (tertiary/aromatic N) is 3. The van der Waals surface area contributed by atoms with Gasteiger partial charge in [-0.3, -0.25) is 9.89 Å². The monoisotopic (exact) mass is 454 g/mol. The van der Waals surface area contributed by atoms with Crippen LogP contribution in [0.2, 0.25) is 0 Å². The van der Waals surface area contributed by atoms with Crippen molar-refractivity contribution in [2.75, 3.05) is 38.2 Å². The summed E-state index contributed by atoms with van der Waals surface area (Å²) in [6, 6.07) is 17.6. The molecule has 4 rings (SSSR count). The zero-order chi connectivity index (χ0) is 20.2. The molecule has 0 saturated carbocycles. The van der Waals surface area contributed by atoms with E-state index < -0.39 is 0 Å². The van der Waals surface area contributed by atoms with Crippen LogP contribution in [0.5, 0.6) is 5.75 Å². The van der Waals surface area contributed by atoms with E-state index in [1.165, 1.54) is 0 Å². The van der Waals surface area contributed by atoms with Crippen LogP contribution in [0.4, 0.5) is 5.82 Å². The van der Waals surface area contributed by atoms with Gasteiger partial charge in [-0.15, -0.1) is 0 Å². The van der Waals surface area contributed by atoms with E-state index in [1.807, 2.05) is 41.3 Å². The number of aromatic amines is 1. The minimum absolute atomic E-state index is 0.0156. The maximum absolute atomic E-state index is 13.0. The molecule has 7 heteroatoms. The summed E-state index contributed by atoms with van der Waals surface area (Å²) < 4.78 is 6.41. The summed E-state index contributed by atoms with van der Waals surface area (Å²) in [5.74, 6) is 1.54. The largest absolute Gasteiger partial charge is 0.496 e. The Morgan fingerprint density at radius 1 is 1.07 bits per heavy atom. The van der Waals surface area contributed by atoms with E-state index in [0.29, 0.717) is 17.9 Å². The van der Waals surface area contributed by atoms with Gasteiger partial charge in [-0.05, 0) is 36.2 Å². The van der Waals surface area contributed by atoms with Crippen LogP contribution in [0.3, 0.4) is 0 Å². The van der Waals surface area contributed by atoms with Gasteiger partial charge in [0.15, 0.2) is 5.82 Å². The summed E-state index contributed by atoms with van der Waals surface area (Å²) in [5.41, 5.74) is 2.69. The number of hydrogen-bond acceptors (Lipinski definition) is 4. The molecule has 6 nitrogen and oxygen atoms in total. The second kappa shape index (κ2) is 8.69. The third kappa shape index (κ3) is 4.29. The first-order valence-electron chi connectivity index (χ1n) is 9.64. The van der Waals surface area contributed by atoms with Gasteiger partial charge in [-0.2, -0.15) is 5.10 Å². The number of para-hydroxylation sites is 1. The number of anilines is 1. The van der Waals surface area contributed by atoms with Crippen LogP contribution in [0.15, 0.2) is 59.1 Å². The molecule has 0 aliphatic carbocycles. The SMILES string of the molecule is COc1ccccc1C(=O)N1CCCN(c2cc(-c3ccc(Br)cc3)[nH]n2)CC1. The number of H-pyrrole nitrogens is 1. The van der Waals surface area contributed by atoms with E-state index >= 15 is 0 Å². The average molecular weight is 455 g/mol. The molecule has 0 bridgehead atoms. The van der Waals surface area contributed by atoms with Gasteiger partial charge in [-0.25, -0.2) is 0 Å². The van der Waals surface area contributed by atoms with Crippen LogP contribution in [0.1, 0.15) is 16.8 Å². The van der Waals surface area contributed by atoms with Gasteiger partial charge in [0.1, 0.15) is 5.75 Å². The fourth-order valence-electron chi connectivity index (χ4n) is 3.59. The second-order valence-corrected chi connectivity index (χ2v) is 7.90. The molecule has 1 aliphatic rings. The summed E-state index contributed by atoms with van der Waals surface area (Å²) in [5, 5.41) is 7.63. The van der Waals surface area contributed by atoms with Crippen molar-refractivity contribution in [3.63, 3.8) is 0 Å². The van der Waals surface area contributed by atoms with Crippen LogP contribution in [-0.4, -0.2) is 54.3 Å². The predicted octanol–water partition coefficient (Wildman–Crippen LogP) is 4.20. The lowest BCUT2D eigenvalue weighted by Crippen LogP contribution is -2.35.